The number of nitrogens with one attached hydrogen (secondary N) is 1. The maximum atomic E-state index is 12.8. The van der Waals surface area contributed by atoms with Gasteiger partial charge in [-0.25, -0.2) is 9.59 Å². The monoisotopic (exact) mass is 555 g/mol. The molecule has 1 amide bonds. The van der Waals surface area contributed by atoms with Gasteiger partial charge in [0.1, 0.15) is 23.9 Å². The maximum Gasteiger partial charge on any atom is 0.331 e. The Morgan fingerprint density at radius 1 is 0.775 bits per heavy atom. The zero-order chi connectivity index (χ0) is 29.0. The minimum Gasteiger partial charge on any atom is -0.504 e. The first-order valence-corrected chi connectivity index (χ1v) is 12.5. The van der Waals surface area contributed by atoms with E-state index in [1.807, 2.05) is 0 Å². The summed E-state index contributed by atoms with van der Waals surface area (Å²) in [6.07, 6.45) is 0.700. The van der Waals surface area contributed by atoms with E-state index < -0.39 is 66.1 Å². The van der Waals surface area contributed by atoms with Gasteiger partial charge in [-0.05, 0) is 60.4 Å². The highest BCUT2D eigenvalue weighted by atomic mass is 16.6. The fourth-order valence-electron chi connectivity index (χ4n) is 4.18. The third-order valence-electron chi connectivity index (χ3n) is 6.53. The van der Waals surface area contributed by atoms with Crippen molar-refractivity contribution in [2.45, 2.75) is 55.6 Å². The average Bonchev–Trinajstić information content (AvgIpc) is 3.72. The smallest absolute Gasteiger partial charge is 0.331 e. The van der Waals surface area contributed by atoms with Crippen molar-refractivity contribution in [2.24, 2.45) is 0 Å². The van der Waals surface area contributed by atoms with Crippen LogP contribution in [0.25, 0.3) is 12.2 Å². The van der Waals surface area contributed by atoms with E-state index in [-0.39, 0.29) is 17.5 Å². The predicted octanol–water partition coefficient (Wildman–Crippen LogP) is 1.22. The number of benzene rings is 2. The van der Waals surface area contributed by atoms with Crippen LogP contribution >= 0.6 is 0 Å². The summed E-state index contributed by atoms with van der Waals surface area (Å²) in [6, 6.07) is 7.62. The number of carbonyl (C=O) groups is 3. The van der Waals surface area contributed by atoms with Gasteiger partial charge in [0.25, 0.3) is 5.91 Å². The van der Waals surface area contributed by atoms with E-state index in [0.29, 0.717) is 11.1 Å². The molecule has 2 atom stereocenters. The normalized spacial score (nSPS) is 24.6. The van der Waals surface area contributed by atoms with E-state index in [2.05, 4.69) is 5.32 Å². The van der Waals surface area contributed by atoms with Crippen molar-refractivity contribution < 1.29 is 54.5 Å². The summed E-state index contributed by atoms with van der Waals surface area (Å²) < 4.78 is 10.6. The standard InChI is InChI=1S/C28H29NO11/c30-18-7-1-15(11-20(18)32)3-9-24(34)39-22-13-28(38,27(37)29-17-5-6-17)14-23(26(22)36)40-25(35)10-4-16-2-8-19(31)21(33)12-16/h1-4,7-12,17,22-23,26,30-33,36,38H,5-6,13-14H2,(H,29,37)/b9-3+,10-4+. The molecule has 0 aromatic heterocycles. The number of phenolic OH excluding ortho intramolecular Hbond substituents is 4. The van der Waals surface area contributed by atoms with E-state index in [4.69, 9.17) is 9.47 Å². The van der Waals surface area contributed by atoms with Gasteiger partial charge in [0, 0.05) is 31.0 Å². The summed E-state index contributed by atoms with van der Waals surface area (Å²) in [6.45, 7) is 0. The molecule has 0 saturated heterocycles. The first kappa shape index (κ1) is 28.5. The Morgan fingerprint density at radius 2 is 1.23 bits per heavy atom. The molecule has 2 unspecified atom stereocenters. The molecule has 2 aliphatic carbocycles. The summed E-state index contributed by atoms with van der Waals surface area (Å²) >= 11 is 0. The lowest BCUT2D eigenvalue weighted by Gasteiger charge is -2.41. The lowest BCUT2D eigenvalue weighted by molar-refractivity contribution is -0.196. The lowest BCUT2D eigenvalue weighted by Crippen LogP contribution is -2.60. The van der Waals surface area contributed by atoms with E-state index in [1.165, 1.54) is 48.6 Å². The Hall–Kier alpha value is -4.55. The van der Waals surface area contributed by atoms with Gasteiger partial charge in [-0.3, -0.25) is 4.79 Å². The lowest BCUT2D eigenvalue weighted by atomic mass is 9.78. The van der Waals surface area contributed by atoms with E-state index in [1.54, 1.807) is 0 Å². The number of aliphatic hydroxyl groups is 2. The number of rotatable bonds is 8. The number of amides is 1. The Bertz CT molecular complexity index is 1260. The average molecular weight is 556 g/mol. The third kappa shape index (κ3) is 7.10. The molecule has 2 saturated carbocycles. The first-order valence-electron chi connectivity index (χ1n) is 12.5. The Labute approximate surface area is 228 Å². The largest absolute Gasteiger partial charge is 0.504 e. The van der Waals surface area contributed by atoms with Crippen LogP contribution in [0.4, 0.5) is 0 Å². The number of aliphatic hydroxyl groups excluding tert-OH is 1. The quantitative estimate of drug-likeness (QED) is 0.140. The molecule has 4 rings (SSSR count). The molecule has 0 spiro atoms. The summed E-state index contributed by atoms with van der Waals surface area (Å²) in [5.41, 5.74) is -1.40. The van der Waals surface area contributed by atoms with Crippen LogP contribution in [0.15, 0.2) is 48.6 Å². The Kier molecular flexibility index (Phi) is 8.31. The molecule has 0 aliphatic heterocycles. The number of carbonyl (C=O) groups excluding carboxylic acids is 3. The van der Waals surface area contributed by atoms with Crippen molar-refractivity contribution in [3.05, 3.63) is 59.7 Å². The van der Waals surface area contributed by atoms with Crippen molar-refractivity contribution in [1.82, 2.24) is 5.32 Å². The highest BCUT2D eigenvalue weighted by Crippen LogP contribution is 2.34. The minimum atomic E-state index is -2.11. The van der Waals surface area contributed by atoms with E-state index >= 15 is 0 Å². The van der Waals surface area contributed by atoms with Crippen LogP contribution in [0, 0.1) is 0 Å². The number of esters is 2. The molecule has 212 valence electrons. The van der Waals surface area contributed by atoms with Crippen molar-refractivity contribution in [3.63, 3.8) is 0 Å². The van der Waals surface area contributed by atoms with Crippen molar-refractivity contribution in [1.29, 1.82) is 0 Å². The molecule has 0 heterocycles. The van der Waals surface area contributed by atoms with Gasteiger partial charge in [0.2, 0.25) is 0 Å². The van der Waals surface area contributed by atoms with Gasteiger partial charge >= 0.3 is 11.9 Å². The van der Waals surface area contributed by atoms with Gasteiger partial charge in [-0.1, -0.05) is 12.1 Å². The van der Waals surface area contributed by atoms with Crippen LogP contribution in [0.5, 0.6) is 23.0 Å². The van der Waals surface area contributed by atoms with Crippen molar-refractivity contribution >= 4 is 30.0 Å². The topological polar surface area (TPSA) is 203 Å². The van der Waals surface area contributed by atoms with Gasteiger partial charge < -0.3 is 45.4 Å². The zero-order valence-corrected chi connectivity index (χ0v) is 21.1. The number of aromatic hydroxyl groups is 4. The zero-order valence-electron chi connectivity index (χ0n) is 21.1. The maximum absolute atomic E-state index is 12.8. The van der Waals surface area contributed by atoms with Crippen LogP contribution in [0.3, 0.4) is 0 Å². The van der Waals surface area contributed by atoms with Crippen LogP contribution in [-0.4, -0.2) is 78.4 Å². The molecule has 2 aliphatic rings. The van der Waals surface area contributed by atoms with Crippen LogP contribution < -0.4 is 5.32 Å². The Morgan fingerprint density at radius 3 is 1.62 bits per heavy atom. The van der Waals surface area contributed by atoms with E-state index in [9.17, 15) is 45.0 Å². The number of ether oxygens (including phenoxy) is 2. The molecular formula is C28H29NO11. The summed E-state index contributed by atoms with van der Waals surface area (Å²) in [4.78, 5) is 37.9. The van der Waals surface area contributed by atoms with Crippen LogP contribution in [-0.2, 0) is 23.9 Å². The summed E-state index contributed by atoms with van der Waals surface area (Å²) in [5.74, 6) is -4.11. The van der Waals surface area contributed by atoms with Gasteiger partial charge in [0.05, 0.1) is 0 Å². The molecule has 2 fully saturated rings. The second-order valence-electron chi connectivity index (χ2n) is 9.79. The Balaban J connectivity index is 1.47. The molecule has 7 N–H and O–H groups in total. The van der Waals surface area contributed by atoms with E-state index in [0.717, 1.165) is 25.0 Å². The number of hydrogen-bond donors (Lipinski definition) is 7. The predicted molar refractivity (Wildman–Crippen MR) is 139 cm³/mol. The molecule has 40 heavy (non-hydrogen) atoms. The number of phenols is 4. The summed E-state index contributed by atoms with van der Waals surface area (Å²) in [5, 5.41) is 62.7. The highest BCUT2D eigenvalue weighted by Gasteiger charge is 2.52. The van der Waals surface area contributed by atoms with Crippen molar-refractivity contribution in [2.75, 3.05) is 0 Å². The first-order chi connectivity index (χ1) is 18.9. The second-order valence-corrected chi connectivity index (χ2v) is 9.79. The summed E-state index contributed by atoms with van der Waals surface area (Å²) in [7, 11) is 0. The molecule has 12 heteroatoms. The SMILES string of the molecule is O=C(/C=C/c1ccc(O)c(O)c1)OC1CC(O)(C(=O)NC2CC2)CC(OC(=O)/C=C/c2ccc(O)c(O)c2)C1O. The molecular weight excluding hydrogens is 526 g/mol. The van der Waals surface area contributed by atoms with Crippen molar-refractivity contribution in [3.8, 4) is 23.0 Å². The van der Waals surface area contributed by atoms with Gasteiger partial charge in [-0.15, -0.1) is 0 Å². The molecule has 0 radical (unpaired) electrons. The van der Waals surface area contributed by atoms with Crippen LogP contribution in [0.1, 0.15) is 36.8 Å². The van der Waals surface area contributed by atoms with Crippen LogP contribution in [0.2, 0.25) is 0 Å². The fraction of sp³-hybridized carbons (Fsp3) is 0.321. The molecule has 2 aromatic rings. The molecule has 0 bridgehead atoms. The molecule has 2 aromatic carbocycles. The third-order valence-corrected chi connectivity index (χ3v) is 6.53. The second kappa shape index (κ2) is 11.7. The van der Waals surface area contributed by atoms with Gasteiger partial charge in [0.15, 0.2) is 23.0 Å². The minimum absolute atomic E-state index is 0.0975. The fourth-order valence-corrected chi connectivity index (χ4v) is 4.18. The molecule has 12 nitrogen and oxygen atoms in total. The highest BCUT2D eigenvalue weighted by molar-refractivity contribution is 5.89. The number of hydrogen-bond acceptors (Lipinski definition) is 11. The van der Waals surface area contributed by atoms with Gasteiger partial charge in [-0.2, -0.15) is 0 Å².